The Bertz CT molecular complexity index is 259. The summed E-state index contributed by atoms with van der Waals surface area (Å²) < 4.78 is 0. The molecule has 0 spiro atoms. The number of rotatable bonds is 2. The second kappa shape index (κ2) is 5.85. The number of carbonyl (C=O) groups excluding carboxylic acids is 1. The lowest BCUT2D eigenvalue weighted by molar-refractivity contribution is -0.125. The Hall–Kier alpha value is -0.570. The predicted molar refractivity (Wildman–Crippen MR) is 69.8 cm³/mol. The van der Waals surface area contributed by atoms with Crippen LogP contribution >= 0.6 is 0 Å². The molecule has 2 N–H and O–H groups in total. The normalized spacial score (nSPS) is 38.7. The van der Waals surface area contributed by atoms with Gasteiger partial charge < -0.3 is 10.6 Å². The first-order valence-corrected chi connectivity index (χ1v) is 7.19. The van der Waals surface area contributed by atoms with E-state index in [1.165, 1.54) is 19.3 Å². The summed E-state index contributed by atoms with van der Waals surface area (Å²) in [6.07, 6.45) is 7.04. The molecule has 1 amide bonds. The summed E-state index contributed by atoms with van der Waals surface area (Å²) in [5.41, 5.74) is 0. The van der Waals surface area contributed by atoms with Crippen molar-refractivity contribution in [3.63, 3.8) is 0 Å². The Morgan fingerprint density at radius 3 is 2.41 bits per heavy atom. The Labute approximate surface area is 105 Å². The summed E-state index contributed by atoms with van der Waals surface area (Å²) in [4.78, 5) is 12.1. The standard InChI is InChI=1S/C14H26N2O/c1-10-3-5-12(6-4-10)16-14(17)13-9-11(2)7-8-15-13/h10-13,15H,3-9H2,1-2H3,(H,16,17). The first kappa shape index (κ1) is 12.9. The fraction of sp³-hybridized carbons (Fsp3) is 0.929. The van der Waals surface area contributed by atoms with Crippen molar-refractivity contribution in [2.45, 2.75) is 64.5 Å². The zero-order chi connectivity index (χ0) is 12.3. The fourth-order valence-corrected chi connectivity index (χ4v) is 3.01. The number of piperidine rings is 1. The SMILES string of the molecule is CC1CCC(NC(=O)C2CC(C)CCN2)CC1. The maximum absolute atomic E-state index is 12.1. The van der Waals surface area contributed by atoms with E-state index in [1.54, 1.807) is 0 Å². The number of hydrogen-bond acceptors (Lipinski definition) is 2. The summed E-state index contributed by atoms with van der Waals surface area (Å²) >= 11 is 0. The highest BCUT2D eigenvalue weighted by molar-refractivity contribution is 5.82. The van der Waals surface area contributed by atoms with Gasteiger partial charge in [-0.1, -0.05) is 13.8 Å². The van der Waals surface area contributed by atoms with Gasteiger partial charge in [-0.15, -0.1) is 0 Å². The van der Waals surface area contributed by atoms with Gasteiger partial charge in [-0.25, -0.2) is 0 Å². The number of nitrogens with one attached hydrogen (secondary N) is 2. The third-order valence-electron chi connectivity index (χ3n) is 4.34. The molecule has 2 unspecified atom stereocenters. The van der Waals surface area contributed by atoms with Crippen LogP contribution in [0.3, 0.4) is 0 Å². The van der Waals surface area contributed by atoms with Gasteiger partial charge in [0.2, 0.25) is 5.91 Å². The van der Waals surface area contributed by atoms with Crippen LogP contribution < -0.4 is 10.6 Å². The molecular weight excluding hydrogens is 212 g/mol. The number of amides is 1. The molecule has 2 atom stereocenters. The van der Waals surface area contributed by atoms with Gasteiger partial charge in [-0.2, -0.15) is 0 Å². The van der Waals surface area contributed by atoms with Crippen molar-refractivity contribution >= 4 is 5.91 Å². The van der Waals surface area contributed by atoms with Crippen LogP contribution in [0.5, 0.6) is 0 Å². The number of hydrogen-bond donors (Lipinski definition) is 2. The van der Waals surface area contributed by atoms with E-state index in [0.29, 0.717) is 12.0 Å². The molecule has 2 fully saturated rings. The summed E-state index contributed by atoms with van der Waals surface area (Å²) in [5.74, 6) is 1.76. The van der Waals surface area contributed by atoms with Gasteiger partial charge in [0.15, 0.2) is 0 Å². The second-order valence-electron chi connectivity index (χ2n) is 6.10. The average Bonchev–Trinajstić information content (AvgIpc) is 2.32. The molecule has 0 aromatic rings. The van der Waals surface area contributed by atoms with Crippen LogP contribution in [0.1, 0.15) is 52.4 Å². The first-order chi connectivity index (χ1) is 8.15. The molecule has 1 heterocycles. The van der Waals surface area contributed by atoms with Crippen molar-refractivity contribution in [1.82, 2.24) is 10.6 Å². The lowest BCUT2D eigenvalue weighted by Gasteiger charge is -2.31. The van der Waals surface area contributed by atoms with Crippen LogP contribution in [0, 0.1) is 11.8 Å². The predicted octanol–water partition coefficient (Wildman–Crippen LogP) is 2.07. The maximum atomic E-state index is 12.1. The van der Waals surface area contributed by atoms with Gasteiger partial charge in [-0.05, 0) is 56.9 Å². The van der Waals surface area contributed by atoms with E-state index in [2.05, 4.69) is 24.5 Å². The van der Waals surface area contributed by atoms with Crippen LogP contribution in [0.2, 0.25) is 0 Å². The highest BCUT2D eigenvalue weighted by atomic mass is 16.2. The third-order valence-corrected chi connectivity index (χ3v) is 4.34. The molecule has 0 aromatic heterocycles. The van der Waals surface area contributed by atoms with Gasteiger partial charge in [-0.3, -0.25) is 4.79 Å². The molecular formula is C14H26N2O. The monoisotopic (exact) mass is 238 g/mol. The molecule has 17 heavy (non-hydrogen) atoms. The molecule has 1 aliphatic heterocycles. The largest absolute Gasteiger partial charge is 0.352 e. The molecule has 0 bridgehead atoms. The maximum Gasteiger partial charge on any atom is 0.237 e. The number of carbonyl (C=O) groups is 1. The first-order valence-electron chi connectivity index (χ1n) is 7.19. The Morgan fingerprint density at radius 2 is 1.76 bits per heavy atom. The molecule has 1 saturated heterocycles. The molecule has 1 saturated carbocycles. The molecule has 3 nitrogen and oxygen atoms in total. The zero-order valence-electron chi connectivity index (χ0n) is 11.2. The lowest BCUT2D eigenvalue weighted by atomic mass is 9.87. The highest BCUT2D eigenvalue weighted by Gasteiger charge is 2.27. The summed E-state index contributed by atoms with van der Waals surface area (Å²) in [6.45, 7) is 5.53. The minimum absolute atomic E-state index is 0.0538. The van der Waals surface area contributed by atoms with Crippen molar-refractivity contribution in [3.05, 3.63) is 0 Å². The molecule has 1 aliphatic carbocycles. The van der Waals surface area contributed by atoms with E-state index < -0.39 is 0 Å². The fourth-order valence-electron chi connectivity index (χ4n) is 3.01. The quantitative estimate of drug-likeness (QED) is 0.773. The zero-order valence-corrected chi connectivity index (χ0v) is 11.2. The minimum atomic E-state index is 0.0538. The Morgan fingerprint density at radius 1 is 1.06 bits per heavy atom. The van der Waals surface area contributed by atoms with Crippen LogP contribution in [0.15, 0.2) is 0 Å². The van der Waals surface area contributed by atoms with E-state index in [9.17, 15) is 4.79 Å². The van der Waals surface area contributed by atoms with Crippen LogP contribution in [0.25, 0.3) is 0 Å². The van der Waals surface area contributed by atoms with Crippen molar-refractivity contribution in [3.8, 4) is 0 Å². The molecule has 98 valence electrons. The molecule has 0 radical (unpaired) electrons. The minimum Gasteiger partial charge on any atom is -0.352 e. The molecule has 2 aliphatic rings. The van der Waals surface area contributed by atoms with Gasteiger partial charge >= 0.3 is 0 Å². The second-order valence-corrected chi connectivity index (χ2v) is 6.10. The van der Waals surface area contributed by atoms with E-state index in [4.69, 9.17) is 0 Å². The van der Waals surface area contributed by atoms with E-state index in [0.717, 1.165) is 31.7 Å². The molecule has 2 rings (SSSR count). The Balaban J connectivity index is 1.76. The van der Waals surface area contributed by atoms with Gasteiger partial charge in [0.25, 0.3) is 0 Å². The topological polar surface area (TPSA) is 41.1 Å². The van der Waals surface area contributed by atoms with Crippen molar-refractivity contribution < 1.29 is 4.79 Å². The van der Waals surface area contributed by atoms with Gasteiger partial charge in [0.1, 0.15) is 0 Å². The van der Waals surface area contributed by atoms with Crippen molar-refractivity contribution in [2.24, 2.45) is 11.8 Å². The third kappa shape index (κ3) is 3.70. The highest BCUT2D eigenvalue weighted by Crippen LogP contribution is 2.24. The van der Waals surface area contributed by atoms with Gasteiger partial charge in [0.05, 0.1) is 6.04 Å². The van der Waals surface area contributed by atoms with Crippen LogP contribution in [-0.2, 0) is 4.79 Å². The summed E-state index contributed by atoms with van der Waals surface area (Å²) in [5, 5.41) is 6.56. The van der Waals surface area contributed by atoms with Crippen LogP contribution in [0.4, 0.5) is 0 Å². The van der Waals surface area contributed by atoms with Crippen molar-refractivity contribution in [1.29, 1.82) is 0 Å². The summed E-state index contributed by atoms with van der Waals surface area (Å²) in [6, 6.07) is 0.482. The average molecular weight is 238 g/mol. The van der Waals surface area contributed by atoms with Crippen LogP contribution in [-0.4, -0.2) is 24.5 Å². The lowest BCUT2D eigenvalue weighted by Crippen LogP contribution is -2.51. The Kier molecular flexibility index (Phi) is 4.43. The van der Waals surface area contributed by atoms with Gasteiger partial charge in [0, 0.05) is 6.04 Å². The van der Waals surface area contributed by atoms with Crippen molar-refractivity contribution in [2.75, 3.05) is 6.54 Å². The smallest absolute Gasteiger partial charge is 0.237 e. The summed E-state index contributed by atoms with van der Waals surface area (Å²) in [7, 11) is 0. The van der Waals surface area contributed by atoms with E-state index in [1.807, 2.05) is 0 Å². The van der Waals surface area contributed by atoms with E-state index >= 15 is 0 Å². The molecule has 0 aromatic carbocycles. The molecule has 3 heteroatoms. The van der Waals surface area contributed by atoms with E-state index in [-0.39, 0.29) is 11.9 Å².